The molecule has 0 heterocycles. The molecule has 0 fully saturated rings. The number of amidine groups is 2. The van der Waals surface area contributed by atoms with Crippen molar-refractivity contribution in [2.24, 2.45) is 9.32 Å². The molecular weight excluding hydrogens is 537 g/mol. The first-order valence-corrected chi connectivity index (χ1v) is 34.2. The first-order valence-electron chi connectivity index (χ1n) is 13.6. The summed E-state index contributed by atoms with van der Waals surface area (Å²) < 4.78 is 16.6. The molecule has 0 N–H and O–H groups in total. The molecular formula is C26H58N4Si6. The fraction of sp³-hybridized carbons (Fsp3) is 0.692. The van der Waals surface area contributed by atoms with Crippen molar-refractivity contribution in [3.8, 4) is 0 Å². The summed E-state index contributed by atoms with van der Waals surface area (Å²) in [6, 6.07) is 9.36. The number of nitrogens with zero attached hydrogens (tertiary/aromatic N) is 4. The van der Waals surface area contributed by atoms with Crippen LogP contribution < -0.4 is 0 Å². The second-order valence-corrected chi connectivity index (χ2v) is 45.3. The summed E-state index contributed by atoms with van der Waals surface area (Å²) in [4.78, 5) is 0. The van der Waals surface area contributed by atoms with Gasteiger partial charge in [0.2, 0.25) is 0 Å². The van der Waals surface area contributed by atoms with E-state index in [2.05, 4.69) is 151 Å². The third-order valence-corrected chi connectivity index (χ3v) is 21.4. The first kappa shape index (κ1) is 33.5. The summed E-state index contributed by atoms with van der Waals surface area (Å²) in [7, 11) is -9.89. The SMILES string of the molecule is C[Si](C)(C)/N=C(\c1ccc(/C(=N\[Si](C)(C)C)N([Si](C)(C)C)[Si](C)(C)C)cc1)N([Si](C)(C)C)[Si](C)(C)C. The van der Waals surface area contributed by atoms with Crippen molar-refractivity contribution in [2.75, 3.05) is 0 Å². The Bertz CT molecular complexity index is 839. The molecule has 0 aliphatic rings. The van der Waals surface area contributed by atoms with Gasteiger partial charge in [0.25, 0.3) is 0 Å². The highest BCUT2D eigenvalue weighted by molar-refractivity contribution is 6.94. The van der Waals surface area contributed by atoms with E-state index < -0.39 is 49.4 Å². The fourth-order valence-corrected chi connectivity index (χ4v) is 26.7. The highest BCUT2D eigenvalue weighted by atomic mass is 28.4. The smallest absolute Gasteiger partial charge is 0.174 e. The quantitative estimate of drug-likeness (QED) is 0.171. The van der Waals surface area contributed by atoms with Gasteiger partial charge < -0.3 is 17.8 Å². The summed E-state index contributed by atoms with van der Waals surface area (Å²) in [5.41, 5.74) is 2.54. The van der Waals surface area contributed by atoms with Gasteiger partial charge in [-0.3, -0.25) is 0 Å². The average Bonchev–Trinajstić information content (AvgIpc) is 2.53. The van der Waals surface area contributed by atoms with E-state index in [1.54, 1.807) is 0 Å². The van der Waals surface area contributed by atoms with Crippen LogP contribution in [0.25, 0.3) is 0 Å². The van der Waals surface area contributed by atoms with E-state index in [9.17, 15) is 0 Å². The molecule has 1 aromatic rings. The molecule has 0 amide bonds. The molecule has 1 rings (SSSR count). The maximum atomic E-state index is 5.49. The molecule has 206 valence electrons. The van der Waals surface area contributed by atoms with Crippen LogP contribution in [0.15, 0.2) is 33.6 Å². The Morgan fingerprint density at radius 1 is 0.417 bits per heavy atom. The van der Waals surface area contributed by atoms with Crippen molar-refractivity contribution in [1.82, 2.24) is 8.46 Å². The number of hydrogen-bond acceptors (Lipinski definition) is 2. The molecule has 0 bridgehead atoms. The highest BCUT2D eigenvalue weighted by Crippen LogP contribution is 2.28. The predicted octanol–water partition coefficient (Wildman–Crippen LogP) is 8.79. The van der Waals surface area contributed by atoms with Gasteiger partial charge >= 0.3 is 0 Å². The zero-order valence-electron chi connectivity index (χ0n) is 27.1. The lowest BCUT2D eigenvalue weighted by molar-refractivity contribution is 0.895. The highest BCUT2D eigenvalue weighted by Gasteiger charge is 2.39. The normalized spacial score (nSPS) is 15.3. The molecule has 0 saturated heterocycles. The maximum absolute atomic E-state index is 5.49. The molecule has 0 aliphatic carbocycles. The first-order chi connectivity index (χ1) is 15.6. The van der Waals surface area contributed by atoms with Gasteiger partial charge in [-0.15, -0.1) is 0 Å². The summed E-state index contributed by atoms with van der Waals surface area (Å²) in [6.07, 6.45) is 0. The summed E-state index contributed by atoms with van der Waals surface area (Å²) >= 11 is 0. The molecule has 0 radical (unpaired) electrons. The van der Waals surface area contributed by atoms with Crippen molar-refractivity contribution in [3.05, 3.63) is 35.4 Å². The second kappa shape index (κ2) is 10.9. The molecule has 0 spiro atoms. The monoisotopic (exact) mass is 594 g/mol. The van der Waals surface area contributed by atoms with Crippen molar-refractivity contribution in [2.45, 2.75) is 118 Å². The van der Waals surface area contributed by atoms with Crippen LogP contribution in [-0.4, -0.2) is 69.5 Å². The van der Waals surface area contributed by atoms with Crippen molar-refractivity contribution in [3.63, 3.8) is 0 Å². The molecule has 0 unspecified atom stereocenters. The van der Waals surface area contributed by atoms with Crippen LogP contribution >= 0.6 is 0 Å². The second-order valence-electron chi connectivity index (χ2n) is 16.1. The van der Waals surface area contributed by atoms with Crippen LogP contribution in [-0.2, 0) is 0 Å². The van der Waals surface area contributed by atoms with E-state index in [-0.39, 0.29) is 0 Å². The Morgan fingerprint density at radius 3 is 0.750 bits per heavy atom. The van der Waals surface area contributed by atoms with Gasteiger partial charge in [0.05, 0.1) is 0 Å². The number of hydrogen-bond donors (Lipinski definition) is 0. The maximum Gasteiger partial charge on any atom is 0.174 e. The van der Waals surface area contributed by atoms with Crippen LogP contribution in [0.2, 0.25) is 118 Å². The topological polar surface area (TPSA) is 31.2 Å². The minimum Gasteiger partial charge on any atom is -0.410 e. The van der Waals surface area contributed by atoms with Crippen LogP contribution in [0, 0.1) is 0 Å². The minimum absolute atomic E-state index is 1.25. The van der Waals surface area contributed by atoms with Crippen molar-refractivity contribution >= 4 is 61.1 Å². The molecule has 10 heteroatoms. The van der Waals surface area contributed by atoms with E-state index in [1.807, 2.05) is 0 Å². The number of rotatable bonds is 8. The summed E-state index contributed by atoms with van der Waals surface area (Å²) in [5, 5.41) is 0. The van der Waals surface area contributed by atoms with Crippen molar-refractivity contribution < 1.29 is 0 Å². The van der Waals surface area contributed by atoms with Gasteiger partial charge in [0.1, 0.15) is 44.6 Å². The Hall–Kier alpha value is -0.539. The summed E-state index contributed by atoms with van der Waals surface area (Å²) in [5.74, 6) is 2.49. The van der Waals surface area contributed by atoms with Crippen LogP contribution in [0.1, 0.15) is 11.1 Å². The Kier molecular flexibility index (Phi) is 10.2. The molecule has 36 heavy (non-hydrogen) atoms. The van der Waals surface area contributed by atoms with Crippen LogP contribution in [0.5, 0.6) is 0 Å². The van der Waals surface area contributed by atoms with Gasteiger partial charge in [0.15, 0.2) is 16.5 Å². The molecule has 0 saturated carbocycles. The van der Waals surface area contributed by atoms with E-state index in [0.717, 1.165) is 0 Å². The van der Waals surface area contributed by atoms with E-state index >= 15 is 0 Å². The Labute approximate surface area is 231 Å². The van der Waals surface area contributed by atoms with Gasteiger partial charge in [-0.05, 0) is 39.3 Å². The number of benzene rings is 1. The fourth-order valence-electron chi connectivity index (χ4n) is 5.17. The standard InChI is InChI=1S/C26H58N4Si6/c1-31(2,3)27-25(29(33(7,8)9)34(10,11)12)23-19-21-24(22-20-23)26(28-32(4,5)6)30(35(13,14)15)36(16,17)18/h19-22H,1-18H3/b27-25+,28-26+. The van der Waals surface area contributed by atoms with E-state index in [0.29, 0.717) is 0 Å². The van der Waals surface area contributed by atoms with Gasteiger partial charge in [0, 0.05) is 11.1 Å². The lowest BCUT2D eigenvalue weighted by Crippen LogP contribution is -2.62. The minimum atomic E-state index is -1.68. The van der Waals surface area contributed by atoms with Gasteiger partial charge in [-0.1, -0.05) is 103 Å². The Morgan fingerprint density at radius 2 is 0.611 bits per heavy atom. The van der Waals surface area contributed by atoms with E-state index in [4.69, 9.17) is 9.32 Å². The lowest BCUT2D eigenvalue weighted by Gasteiger charge is -2.47. The van der Waals surface area contributed by atoms with Gasteiger partial charge in [-0.25, -0.2) is 0 Å². The average molecular weight is 595 g/mol. The third-order valence-electron chi connectivity index (χ3n) is 5.39. The zero-order valence-corrected chi connectivity index (χ0v) is 33.1. The molecule has 1 aromatic carbocycles. The third kappa shape index (κ3) is 9.97. The largest absolute Gasteiger partial charge is 0.410 e. The summed E-state index contributed by atoms with van der Waals surface area (Å²) in [6.45, 7) is 43.8. The molecule has 0 aliphatic heterocycles. The van der Waals surface area contributed by atoms with Crippen LogP contribution in [0.3, 0.4) is 0 Å². The Balaban J connectivity index is 3.88. The van der Waals surface area contributed by atoms with Crippen LogP contribution in [0.4, 0.5) is 0 Å². The molecule has 4 nitrogen and oxygen atoms in total. The predicted molar refractivity (Wildman–Crippen MR) is 183 cm³/mol. The molecule has 0 aromatic heterocycles. The van der Waals surface area contributed by atoms with Crippen molar-refractivity contribution in [1.29, 1.82) is 0 Å². The zero-order chi connectivity index (χ0) is 28.7. The van der Waals surface area contributed by atoms with E-state index in [1.165, 1.54) is 22.8 Å². The molecule has 0 atom stereocenters. The lowest BCUT2D eigenvalue weighted by atomic mass is 10.1. The van der Waals surface area contributed by atoms with Gasteiger partial charge in [-0.2, -0.15) is 0 Å².